The van der Waals surface area contributed by atoms with Crippen molar-refractivity contribution in [3.05, 3.63) is 10.6 Å². The van der Waals surface area contributed by atoms with E-state index in [4.69, 9.17) is 10.5 Å². The molecule has 0 atom stereocenters. The zero-order chi connectivity index (χ0) is 13.8. The number of aromatic nitrogens is 1. The maximum absolute atomic E-state index is 11.5. The van der Waals surface area contributed by atoms with Crippen LogP contribution < -0.4 is 11.1 Å². The van der Waals surface area contributed by atoms with Gasteiger partial charge < -0.3 is 15.8 Å². The number of carbonyl (C=O) groups excluding carboxylic acids is 1. The topological polar surface area (TPSA) is 77.2 Å². The minimum absolute atomic E-state index is 0.416. The maximum atomic E-state index is 11.5. The molecule has 0 aliphatic rings. The third kappa shape index (κ3) is 4.91. The van der Waals surface area contributed by atoms with Gasteiger partial charge in [0.15, 0.2) is 5.13 Å². The van der Waals surface area contributed by atoms with Gasteiger partial charge in [-0.25, -0.2) is 9.78 Å². The third-order valence-electron chi connectivity index (χ3n) is 2.07. The highest BCUT2D eigenvalue weighted by Gasteiger charge is 2.17. The monoisotopic (exact) mass is 271 g/mol. The van der Waals surface area contributed by atoms with Crippen molar-refractivity contribution >= 4 is 22.6 Å². The van der Waals surface area contributed by atoms with E-state index in [1.165, 1.54) is 11.3 Å². The Bertz CT molecular complexity index is 410. The number of nitrogens with zero attached hydrogens (tertiary/aromatic N) is 1. The Kier molecular flexibility index (Phi) is 4.95. The summed E-state index contributed by atoms with van der Waals surface area (Å²) >= 11 is 1.41. The van der Waals surface area contributed by atoms with Crippen molar-refractivity contribution in [1.82, 2.24) is 10.3 Å². The van der Waals surface area contributed by atoms with E-state index in [0.29, 0.717) is 11.7 Å². The number of nitrogens with two attached hydrogens (primary N) is 1. The third-order valence-corrected chi connectivity index (χ3v) is 3.00. The Morgan fingerprint density at radius 1 is 1.50 bits per heavy atom. The molecule has 0 spiro atoms. The number of anilines is 1. The Labute approximate surface area is 112 Å². The molecule has 0 aromatic carbocycles. The number of rotatable bonds is 4. The molecule has 0 unspecified atom stereocenters. The van der Waals surface area contributed by atoms with Crippen molar-refractivity contribution in [1.29, 1.82) is 0 Å². The molecule has 1 rings (SSSR count). The second-order valence-corrected chi connectivity index (χ2v) is 6.14. The molecule has 18 heavy (non-hydrogen) atoms. The van der Waals surface area contributed by atoms with Crippen molar-refractivity contribution in [2.75, 3.05) is 5.73 Å². The molecule has 6 heteroatoms. The zero-order valence-electron chi connectivity index (χ0n) is 11.4. The summed E-state index contributed by atoms with van der Waals surface area (Å²) in [6.07, 6.45) is 1.46. The molecule has 0 aliphatic carbocycles. The van der Waals surface area contributed by atoms with Gasteiger partial charge in [-0.05, 0) is 27.2 Å². The minimum atomic E-state index is -0.483. The molecule has 1 aromatic heterocycles. The highest BCUT2D eigenvalue weighted by atomic mass is 32.1. The predicted molar refractivity (Wildman–Crippen MR) is 73.6 cm³/mol. The summed E-state index contributed by atoms with van der Waals surface area (Å²) in [6, 6.07) is 0. The van der Waals surface area contributed by atoms with Crippen LogP contribution >= 0.6 is 11.3 Å². The molecule has 102 valence electrons. The van der Waals surface area contributed by atoms with Gasteiger partial charge in [0.25, 0.3) is 0 Å². The second kappa shape index (κ2) is 6.04. The molecule has 0 saturated heterocycles. The number of alkyl carbamates (subject to hydrolysis) is 1. The van der Waals surface area contributed by atoms with Gasteiger partial charge in [0.05, 0.1) is 12.2 Å². The van der Waals surface area contributed by atoms with E-state index < -0.39 is 11.7 Å². The fourth-order valence-corrected chi connectivity index (χ4v) is 2.26. The van der Waals surface area contributed by atoms with Crippen molar-refractivity contribution < 1.29 is 9.53 Å². The maximum Gasteiger partial charge on any atom is 0.407 e. The van der Waals surface area contributed by atoms with Crippen molar-refractivity contribution in [2.24, 2.45) is 0 Å². The van der Waals surface area contributed by atoms with Gasteiger partial charge in [0, 0.05) is 4.88 Å². The van der Waals surface area contributed by atoms with E-state index in [1.807, 2.05) is 20.8 Å². The second-order valence-electron chi connectivity index (χ2n) is 5.03. The molecule has 5 nitrogen and oxygen atoms in total. The summed E-state index contributed by atoms with van der Waals surface area (Å²) in [6.45, 7) is 8.00. The van der Waals surface area contributed by atoms with E-state index in [0.717, 1.165) is 23.4 Å². The van der Waals surface area contributed by atoms with Crippen LogP contribution in [0.3, 0.4) is 0 Å². The summed E-state index contributed by atoms with van der Waals surface area (Å²) in [5.74, 6) is 0. The number of hydrogen-bond acceptors (Lipinski definition) is 5. The van der Waals surface area contributed by atoms with Crippen LogP contribution in [0.15, 0.2) is 0 Å². The quantitative estimate of drug-likeness (QED) is 0.882. The molecule has 0 fully saturated rings. The van der Waals surface area contributed by atoms with Crippen LogP contribution in [0, 0.1) is 0 Å². The van der Waals surface area contributed by atoms with Crippen LogP contribution in [0.4, 0.5) is 9.93 Å². The first-order chi connectivity index (χ1) is 8.31. The first kappa shape index (κ1) is 14.8. The first-order valence-electron chi connectivity index (χ1n) is 6.02. The van der Waals surface area contributed by atoms with E-state index in [1.54, 1.807) is 0 Å². The summed E-state index contributed by atoms with van der Waals surface area (Å²) < 4.78 is 5.17. The summed E-state index contributed by atoms with van der Waals surface area (Å²) in [5, 5.41) is 3.26. The number of nitrogens with one attached hydrogen (secondary N) is 1. The molecule has 0 aliphatic heterocycles. The van der Waals surface area contributed by atoms with Crippen LogP contribution in [-0.4, -0.2) is 16.7 Å². The Morgan fingerprint density at radius 2 is 2.17 bits per heavy atom. The number of ether oxygens (including phenoxy) is 1. The van der Waals surface area contributed by atoms with Gasteiger partial charge in [0.2, 0.25) is 0 Å². The highest BCUT2D eigenvalue weighted by Crippen LogP contribution is 2.21. The van der Waals surface area contributed by atoms with Gasteiger partial charge in [-0.1, -0.05) is 13.3 Å². The van der Waals surface area contributed by atoms with Crippen LogP contribution in [0.1, 0.15) is 44.7 Å². The summed E-state index contributed by atoms with van der Waals surface area (Å²) in [5.41, 5.74) is 6.17. The average molecular weight is 271 g/mol. The number of nitrogen functional groups attached to an aromatic ring is 1. The van der Waals surface area contributed by atoms with E-state index in [-0.39, 0.29) is 0 Å². The normalized spacial score (nSPS) is 11.3. The molecule has 1 heterocycles. The Morgan fingerprint density at radius 3 is 2.72 bits per heavy atom. The van der Waals surface area contributed by atoms with E-state index >= 15 is 0 Å². The number of thiazole rings is 1. The fourth-order valence-electron chi connectivity index (χ4n) is 1.44. The molecule has 0 saturated carbocycles. The summed E-state index contributed by atoms with van der Waals surface area (Å²) in [7, 11) is 0. The molecule has 1 aromatic rings. The SMILES string of the molecule is CCCc1nc(N)sc1CNC(=O)OC(C)(C)C. The van der Waals surface area contributed by atoms with Gasteiger partial charge in [-0.2, -0.15) is 0 Å². The van der Waals surface area contributed by atoms with Crippen LogP contribution in [0.2, 0.25) is 0 Å². The Balaban J connectivity index is 2.55. The lowest BCUT2D eigenvalue weighted by atomic mass is 10.2. The number of aryl methyl sites for hydroxylation is 1. The lowest BCUT2D eigenvalue weighted by Crippen LogP contribution is -2.32. The molecule has 1 amide bonds. The molecular weight excluding hydrogens is 250 g/mol. The van der Waals surface area contributed by atoms with Crippen molar-refractivity contribution in [2.45, 2.75) is 52.7 Å². The molecule has 0 radical (unpaired) electrons. The minimum Gasteiger partial charge on any atom is -0.444 e. The van der Waals surface area contributed by atoms with Crippen molar-refractivity contribution in [3.63, 3.8) is 0 Å². The number of carbonyl (C=O) groups is 1. The number of amides is 1. The molecule has 3 N–H and O–H groups in total. The van der Waals surface area contributed by atoms with Crippen LogP contribution in [0.5, 0.6) is 0 Å². The first-order valence-corrected chi connectivity index (χ1v) is 6.84. The van der Waals surface area contributed by atoms with Crippen molar-refractivity contribution in [3.8, 4) is 0 Å². The lowest BCUT2D eigenvalue weighted by molar-refractivity contribution is 0.0524. The zero-order valence-corrected chi connectivity index (χ0v) is 12.2. The lowest BCUT2D eigenvalue weighted by Gasteiger charge is -2.19. The average Bonchev–Trinajstić information content (AvgIpc) is 2.54. The predicted octanol–water partition coefficient (Wildman–Crippen LogP) is 2.70. The fraction of sp³-hybridized carbons (Fsp3) is 0.667. The van der Waals surface area contributed by atoms with Gasteiger partial charge in [0.1, 0.15) is 5.60 Å². The van der Waals surface area contributed by atoms with Gasteiger partial charge in [-0.3, -0.25) is 0 Å². The summed E-state index contributed by atoms with van der Waals surface area (Å²) in [4.78, 5) is 16.8. The van der Waals surface area contributed by atoms with Gasteiger partial charge >= 0.3 is 6.09 Å². The molecular formula is C12H21N3O2S. The van der Waals surface area contributed by atoms with E-state index in [9.17, 15) is 4.79 Å². The van der Waals surface area contributed by atoms with E-state index in [2.05, 4.69) is 17.2 Å². The smallest absolute Gasteiger partial charge is 0.407 e. The highest BCUT2D eigenvalue weighted by molar-refractivity contribution is 7.15. The standard InChI is InChI=1S/C12H21N3O2S/c1-5-6-8-9(18-10(13)15-8)7-14-11(16)17-12(2,3)4/h5-7H2,1-4H3,(H2,13,15)(H,14,16). The molecule has 0 bridgehead atoms. The largest absolute Gasteiger partial charge is 0.444 e. The van der Waals surface area contributed by atoms with Crippen LogP contribution in [0.25, 0.3) is 0 Å². The van der Waals surface area contributed by atoms with Crippen LogP contribution in [-0.2, 0) is 17.7 Å². The number of hydrogen-bond donors (Lipinski definition) is 2. The van der Waals surface area contributed by atoms with Gasteiger partial charge in [-0.15, -0.1) is 11.3 Å². The Hall–Kier alpha value is -1.30.